The van der Waals surface area contributed by atoms with Crippen molar-refractivity contribution in [2.75, 3.05) is 0 Å². The number of imidazole rings is 1. The van der Waals surface area contributed by atoms with Crippen molar-refractivity contribution < 1.29 is 14.3 Å². The molecule has 0 radical (unpaired) electrons. The summed E-state index contributed by atoms with van der Waals surface area (Å²) in [7, 11) is 0. The maximum absolute atomic E-state index is 12.9. The van der Waals surface area contributed by atoms with Crippen LogP contribution in [0.5, 0.6) is 0 Å². The Morgan fingerprint density at radius 2 is 1.97 bits per heavy atom. The normalized spacial score (nSPS) is 15.0. The maximum Gasteiger partial charge on any atom is 0.349 e. The minimum Gasteiger partial charge on any atom is -0.445 e. The van der Waals surface area contributed by atoms with Gasteiger partial charge in [-0.15, -0.1) is 22.7 Å². The first-order valence-electron chi connectivity index (χ1n) is 11.1. The van der Waals surface area contributed by atoms with E-state index in [0.717, 1.165) is 50.9 Å². The molecule has 0 aliphatic heterocycles. The summed E-state index contributed by atoms with van der Waals surface area (Å²) in [5.74, 6) is -1.11. The van der Waals surface area contributed by atoms with Gasteiger partial charge < -0.3 is 10.5 Å². The molecule has 5 aromatic rings. The highest BCUT2D eigenvalue weighted by molar-refractivity contribution is 7.17. The van der Waals surface area contributed by atoms with E-state index in [2.05, 4.69) is 20.2 Å². The number of thiophene rings is 1. The number of aromatic amines is 1. The smallest absolute Gasteiger partial charge is 0.349 e. The first kappa shape index (κ1) is 21.7. The zero-order valence-corrected chi connectivity index (χ0v) is 20.1. The average molecular weight is 505 g/mol. The summed E-state index contributed by atoms with van der Waals surface area (Å²) in [6, 6.07) is 7.49. The van der Waals surface area contributed by atoms with E-state index in [1.807, 2.05) is 40.4 Å². The molecule has 5 heterocycles. The van der Waals surface area contributed by atoms with Crippen LogP contribution in [0, 0.1) is 0 Å². The van der Waals surface area contributed by atoms with Gasteiger partial charge in [-0.1, -0.05) is 0 Å². The van der Waals surface area contributed by atoms with Crippen molar-refractivity contribution in [1.29, 1.82) is 0 Å². The number of aromatic nitrogens is 5. The largest absolute Gasteiger partial charge is 0.445 e. The summed E-state index contributed by atoms with van der Waals surface area (Å²) >= 11 is 2.84. The van der Waals surface area contributed by atoms with Crippen molar-refractivity contribution >= 4 is 40.2 Å². The Morgan fingerprint density at radius 3 is 2.74 bits per heavy atom. The Labute approximate surface area is 207 Å². The molecule has 5 aromatic heterocycles. The second-order valence-corrected chi connectivity index (χ2v) is 10.4. The van der Waals surface area contributed by atoms with Crippen molar-refractivity contribution in [2.24, 2.45) is 5.73 Å². The summed E-state index contributed by atoms with van der Waals surface area (Å²) in [5, 5.41) is 10.1. The number of pyridine rings is 1. The number of nitrogens with two attached hydrogens (primary N) is 1. The van der Waals surface area contributed by atoms with Gasteiger partial charge in [0.2, 0.25) is 0 Å². The first-order chi connectivity index (χ1) is 17.0. The molecule has 1 aliphatic carbocycles. The number of primary amides is 1. The van der Waals surface area contributed by atoms with Gasteiger partial charge in [-0.05, 0) is 49.9 Å². The molecule has 1 saturated carbocycles. The average Bonchev–Trinajstić information content (AvgIpc) is 3.66. The van der Waals surface area contributed by atoms with E-state index in [-0.39, 0.29) is 0 Å². The predicted octanol–water partition coefficient (Wildman–Crippen LogP) is 4.53. The molecule has 35 heavy (non-hydrogen) atoms. The zero-order chi connectivity index (χ0) is 24.0. The molecule has 176 valence electrons. The number of H-pyrrole nitrogens is 1. The van der Waals surface area contributed by atoms with E-state index in [4.69, 9.17) is 10.5 Å². The highest BCUT2D eigenvalue weighted by Crippen LogP contribution is 2.38. The summed E-state index contributed by atoms with van der Waals surface area (Å²) in [6.07, 6.45) is 9.92. The minimum absolute atomic E-state index is 0.407. The molecule has 0 saturated heterocycles. The molecule has 1 amide bonds. The lowest BCUT2D eigenvalue weighted by atomic mass is 10.0. The number of nitrogens with one attached hydrogen (secondary N) is 1. The summed E-state index contributed by atoms with van der Waals surface area (Å²) < 4.78 is 7.64. The number of esters is 1. The second-order valence-electron chi connectivity index (χ2n) is 8.40. The Morgan fingerprint density at radius 1 is 1.11 bits per heavy atom. The topological polar surface area (TPSA) is 128 Å². The van der Waals surface area contributed by atoms with Crippen molar-refractivity contribution in [1.82, 2.24) is 24.6 Å². The fourth-order valence-electron chi connectivity index (χ4n) is 4.50. The number of rotatable bonds is 6. The Hall–Kier alpha value is -3.83. The van der Waals surface area contributed by atoms with Crippen molar-refractivity contribution in [3.8, 4) is 32.4 Å². The van der Waals surface area contributed by atoms with Gasteiger partial charge >= 0.3 is 5.97 Å². The standard InChI is InChI=1S/C24H20N6O3S2/c25-23(32)24(7-1-2-8-24)33-22(31)18-5-4-17(35-18)20-15(11-28-29-20)14-3-6-19-27-12-16(30(19)13-14)21-26-9-10-34-21/h3-6,9-13H,1-2,7-8H2,(H2,25,32)(H,28,29). The van der Waals surface area contributed by atoms with Gasteiger partial charge in [-0.3, -0.25) is 14.3 Å². The molecule has 9 nitrogen and oxygen atoms in total. The third-order valence-corrected chi connectivity index (χ3v) is 8.19. The number of hydrogen-bond donors (Lipinski definition) is 2. The number of hydrogen-bond acceptors (Lipinski definition) is 8. The summed E-state index contributed by atoms with van der Waals surface area (Å²) in [4.78, 5) is 35.0. The van der Waals surface area contributed by atoms with E-state index >= 15 is 0 Å². The number of carbonyl (C=O) groups excluding carboxylic acids is 2. The van der Waals surface area contributed by atoms with Gasteiger partial charge in [0.25, 0.3) is 5.91 Å². The van der Waals surface area contributed by atoms with Crippen LogP contribution < -0.4 is 5.73 Å². The van der Waals surface area contributed by atoms with E-state index in [9.17, 15) is 9.59 Å². The molecule has 6 rings (SSSR count). The monoisotopic (exact) mass is 504 g/mol. The van der Waals surface area contributed by atoms with Crippen LogP contribution in [-0.4, -0.2) is 42.0 Å². The second kappa shape index (κ2) is 8.43. The third kappa shape index (κ3) is 3.72. The first-order valence-corrected chi connectivity index (χ1v) is 12.8. The number of ether oxygens (including phenoxy) is 1. The van der Waals surface area contributed by atoms with Crippen LogP contribution in [0.1, 0.15) is 35.4 Å². The Bertz CT molecular complexity index is 1540. The number of thiazole rings is 1. The molecule has 11 heteroatoms. The highest BCUT2D eigenvalue weighted by Gasteiger charge is 2.43. The Kier molecular flexibility index (Phi) is 5.23. The quantitative estimate of drug-likeness (QED) is 0.327. The lowest BCUT2D eigenvalue weighted by Crippen LogP contribution is -2.45. The highest BCUT2D eigenvalue weighted by atomic mass is 32.1. The van der Waals surface area contributed by atoms with E-state index < -0.39 is 17.5 Å². The van der Waals surface area contributed by atoms with E-state index in [1.165, 1.54) is 11.3 Å². The molecule has 0 spiro atoms. The third-order valence-electron chi connectivity index (χ3n) is 6.31. The molecule has 1 aliphatic rings. The van der Waals surface area contributed by atoms with Crippen LogP contribution in [0.3, 0.4) is 0 Å². The lowest BCUT2D eigenvalue weighted by molar-refractivity contribution is -0.136. The van der Waals surface area contributed by atoms with Gasteiger partial charge in [0.15, 0.2) is 5.60 Å². The number of amides is 1. The van der Waals surface area contributed by atoms with Crippen molar-refractivity contribution in [2.45, 2.75) is 31.3 Å². The molecule has 1 fully saturated rings. The predicted molar refractivity (Wildman–Crippen MR) is 133 cm³/mol. The molecule has 0 unspecified atom stereocenters. The Balaban J connectivity index is 1.31. The molecule has 0 atom stereocenters. The lowest BCUT2D eigenvalue weighted by Gasteiger charge is -2.24. The molecule has 0 bridgehead atoms. The zero-order valence-electron chi connectivity index (χ0n) is 18.4. The number of fused-ring (bicyclic) bond motifs is 1. The van der Waals surface area contributed by atoms with E-state index in [0.29, 0.717) is 17.7 Å². The van der Waals surface area contributed by atoms with Crippen LogP contribution in [0.4, 0.5) is 0 Å². The van der Waals surface area contributed by atoms with Crippen LogP contribution in [-0.2, 0) is 9.53 Å². The van der Waals surface area contributed by atoms with Crippen molar-refractivity contribution in [3.63, 3.8) is 0 Å². The molecule has 3 N–H and O–H groups in total. The van der Waals surface area contributed by atoms with Gasteiger partial charge in [0.05, 0.1) is 23.0 Å². The molecule has 0 aromatic carbocycles. The number of nitrogens with zero attached hydrogens (tertiary/aromatic N) is 4. The van der Waals surface area contributed by atoms with Gasteiger partial charge in [0, 0.05) is 28.9 Å². The van der Waals surface area contributed by atoms with Gasteiger partial charge in [0.1, 0.15) is 21.2 Å². The fourth-order valence-corrected chi connectivity index (χ4v) is 6.03. The van der Waals surface area contributed by atoms with Crippen LogP contribution in [0.15, 0.2) is 54.4 Å². The van der Waals surface area contributed by atoms with Crippen LogP contribution in [0.2, 0.25) is 0 Å². The van der Waals surface area contributed by atoms with E-state index in [1.54, 1.807) is 29.8 Å². The summed E-state index contributed by atoms with van der Waals surface area (Å²) in [5.41, 5.74) is 8.71. The van der Waals surface area contributed by atoms with Crippen molar-refractivity contribution in [3.05, 3.63) is 59.3 Å². The van der Waals surface area contributed by atoms with Crippen LogP contribution in [0.25, 0.3) is 38.0 Å². The fraction of sp³-hybridized carbons (Fsp3) is 0.208. The maximum atomic E-state index is 12.9. The van der Waals surface area contributed by atoms with Gasteiger partial charge in [-0.2, -0.15) is 5.10 Å². The SMILES string of the molecule is NC(=O)C1(OC(=O)c2ccc(-c3[nH]ncc3-c3ccc4ncc(-c5nccs5)n4c3)s2)CCCC1. The van der Waals surface area contributed by atoms with Gasteiger partial charge in [-0.25, -0.2) is 14.8 Å². The molecular formula is C24H20N6O3S2. The summed E-state index contributed by atoms with van der Waals surface area (Å²) in [6.45, 7) is 0. The van der Waals surface area contributed by atoms with Crippen LogP contribution >= 0.6 is 22.7 Å². The minimum atomic E-state index is -1.20. The molecular weight excluding hydrogens is 484 g/mol. The number of carbonyl (C=O) groups is 2.